The second-order valence-corrected chi connectivity index (χ2v) is 6.08. The molecule has 0 amide bonds. The quantitative estimate of drug-likeness (QED) is 0.560. The van der Waals surface area contributed by atoms with Gasteiger partial charge in [0.1, 0.15) is 5.82 Å². The number of aliphatic hydroxyl groups is 1. The highest BCUT2D eigenvalue weighted by atomic mass is 16.3. The number of rotatable bonds is 9. The summed E-state index contributed by atoms with van der Waals surface area (Å²) >= 11 is 0. The molecule has 2 aromatic rings. The van der Waals surface area contributed by atoms with E-state index in [1.54, 1.807) is 7.05 Å². The molecule has 0 aliphatic carbocycles. The van der Waals surface area contributed by atoms with Crippen LogP contribution >= 0.6 is 0 Å². The molecular formula is C18H26N4O3. The second kappa shape index (κ2) is 9.19. The van der Waals surface area contributed by atoms with Crippen LogP contribution in [0, 0.1) is 0 Å². The molecule has 1 aromatic heterocycles. The first-order valence-corrected chi connectivity index (χ1v) is 8.42. The summed E-state index contributed by atoms with van der Waals surface area (Å²) < 4.78 is 2.46. The fourth-order valence-corrected chi connectivity index (χ4v) is 2.53. The van der Waals surface area contributed by atoms with Crippen LogP contribution in [0.2, 0.25) is 0 Å². The van der Waals surface area contributed by atoms with Crippen LogP contribution in [0.5, 0.6) is 0 Å². The number of hydrogen-bond donors (Lipinski definition) is 3. The van der Waals surface area contributed by atoms with Crippen molar-refractivity contribution < 1.29 is 5.11 Å². The fourth-order valence-electron chi connectivity index (χ4n) is 2.53. The molecule has 0 saturated carbocycles. The predicted molar refractivity (Wildman–Crippen MR) is 99.1 cm³/mol. The van der Waals surface area contributed by atoms with Crippen LogP contribution in [0.4, 0.5) is 5.82 Å². The molecule has 136 valence electrons. The Kier molecular flexibility index (Phi) is 6.97. The van der Waals surface area contributed by atoms with Gasteiger partial charge in [0.05, 0.1) is 6.10 Å². The molecule has 1 atom stereocenters. The molecular weight excluding hydrogens is 320 g/mol. The van der Waals surface area contributed by atoms with Crippen LogP contribution in [-0.4, -0.2) is 40.0 Å². The minimum atomic E-state index is -0.409. The molecule has 1 unspecified atom stereocenters. The Balaban J connectivity index is 1.68. The minimum Gasteiger partial charge on any atom is -0.392 e. The highest BCUT2D eigenvalue weighted by molar-refractivity contribution is 5.33. The normalized spacial score (nSPS) is 12.1. The van der Waals surface area contributed by atoms with Crippen LogP contribution in [0.3, 0.4) is 0 Å². The first-order valence-electron chi connectivity index (χ1n) is 8.42. The van der Waals surface area contributed by atoms with Crippen molar-refractivity contribution in [1.82, 2.24) is 14.5 Å². The van der Waals surface area contributed by atoms with E-state index in [1.165, 1.54) is 23.2 Å². The Bertz CT molecular complexity index is 783. The minimum absolute atomic E-state index is 0.338. The van der Waals surface area contributed by atoms with Crippen LogP contribution in [0.1, 0.15) is 12.0 Å². The van der Waals surface area contributed by atoms with Crippen molar-refractivity contribution in [1.29, 1.82) is 0 Å². The lowest BCUT2D eigenvalue weighted by Gasteiger charge is -2.14. The largest absolute Gasteiger partial charge is 0.392 e. The van der Waals surface area contributed by atoms with E-state index in [9.17, 15) is 14.7 Å². The number of nitrogens with one attached hydrogen (secondary N) is 2. The average molecular weight is 346 g/mol. The highest BCUT2D eigenvalue weighted by Crippen LogP contribution is 2.04. The second-order valence-electron chi connectivity index (χ2n) is 6.08. The Labute approximate surface area is 146 Å². The van der Waals surface area contributed by atoms with Gasteiger partial charge in [-0.1, -0.05) is 30.3 Å². The molecule has 0 fully saturated rings. The summed E-state index contributed by atoms with van der Waals surface area (Å²) in [5.74, 6) is 0.486. The molecule has 1 aromatic carbocycles. The zero-order chi connectivity index (χ0) is 18.2. The Morgan fingerprint density at radius 3 is 2.52 bits per heavy atom. The van der Waals surface area contributed by atoms with Crippen molar-refractivity contribution in [2.75, 3.05) is 25.0 Å². The monoisotopic (exact) mass is 346 g/mol. The lowest BCUT2D eigenvalue weighted by Crippen LogP contribution is -2.38. The molecule has 0 saturated heterocycles. The van der Waals surface area contributed by atoms with Gasteiger partial charge >= 0.3 is 5.69 Å². The maximum atomic E-state index is 11.8. The zero-order valence-electron chi connectivity index (χ0n) is 14.7. The summed E-state index contributed by atoms with van der Waals surface area (Å²) in [7, 11) is 3.07. The average Bonchev–Trinajstić information content (AvgIpc) is 2.62. The molecule has 2 rings (SSSR count). The smallest absolute Gasteiger partial charge is 0.332 e. The maximum Gasteiger partial charge on any atom is 0.332 e. The zero-order valence-corrected chi connectivity index (χ0v) is 14.7. The Morgan fingerprint density at radius 2 is 1.80 bits per heavy atom. The summed E-state index contributed by atoms with van der Waals surface area (Å²) in [5.41, 5.74) is 0.518. The van der Waals surface area contributed by atoms with Gasteiger partial charge in [0.2, 0.25) is 0 Å². The number of aliphatic hydroxyl groups excluding tert-OH is 1. The van der Waals surface area contributed by atoms with E-state index in [0.717, 1.165) is 11.0 Å². The van der Waals surface area contributed by atoms with Gasteiger partial charge in [-0.05, 0) is 18.4 Å². The summed E-state index contributed by atoms with van der Waals surface area (Å²) in [6.07, 6.45) is 1.14. The third kappa shape index (κ3) is 5.58. The lowest BCUT2D eigenvalue weighted by atomic mass is 10.1. The summed E-state index contributed by atoms with van der Waals surface area (Å²) in [4.78, 5) is 23.5. The lowest BCUT2D eigenvalue weighted by molar-refractivity contribution is 0.162. The van der Waals surface area contributed by atoms with Crippen LogP contribution in [0.25, 0.3) is 0 Å². The first kappa shape index (κ1) is 19.0. The molecule has 0 aliphatic rings. The molecule has 0 bridgehead atoms. The van der Waals surface area contributed by atoms with Crippen molar-refractivity contribution in [2.45, 2.75) is 18.9 Å². The first-order chi connectivity index (χ1) is 12.0. The van der Waals surface area contributed by atoms with E-state index >= 15 is 0 Å². The van der Waals surface area contributed by atoms with Gasteiger partial charge in [0.25, 0.3) is 5.56 Å². The van der Waals surface area contributed by atoms with Crippen molar-refractivity contribution in [3.63, 3.8) is 0 Å². The van der Waals surface area contributed by atoms with E-state index in [1.807, 2.05) is 18.2 Å². The van der Waals surface area contributed by atoms with Gasteiger partial charge in [-0.25, -0.2) is 4.79 Å². The molecule has 7 nitrogen and oxygen atoms in total. The molecule has 0 aliphatic heterocycles. The number of aromatic nitrogens is 2. The molecule has 7 heteroatoms. The van der Waals surface area contributed by atoms with E-state index in [-0.39, 0.29) is 11.2 Å². The van der Waals surface area contributed by atoms with E-state index in [0.29, 0.717) is 31.9 Å². The van der Waals surface area contributed by atoms with Crippen molar-refractivity contribution >= 4 is 5.82 Å². The summed E-state index contributed by atoms with van der Waals surface area (Å²) in [5, 5.41) is 16.2. The standard InChI is InChI=1S/C18H26N4O3/c1-21-16(12-17(24)22(2)18(21)25)20-11-10-19-13-15(23)9-8-14-6-4-3-5-7-14/h3-7,12,15,19-20,23H,8-11,13H2,1-2H3. The predicted octanol–water partition coefficient (Wildman–Crippen LogP) is 0.0792. The molecule has 0 radical (unpaired) electrons. The Morgan fingerprint density at radius 1 is 1.08 bits per heavy atom. The van der Waals surface area contributed by atoms with Crippen molar-refractivity contribution in [3.8, 4) is 0 Å². The third-order valence-electron chi connectivity index (χ3n) is 4.12. The van der Waals surface area contributed by atoms with E-state index < -0.39 is 6.10 Å². The van der Waals surface area contributed by atoms with E-state index in [2.05, 4.69) is 22.8 Å². The third-order valence-corrected chi connectivity index (χ3v) is 4.12. The van der Waals surface area contributed by atoms with Gasteiger partial charge < -0.3 is 15.7 Å². The molecule has 1 heterocycles. The van der Waals surface area contributed by atoms with Gasteiger partial charge in [0.15, 0.2) is 0 Å². The molecule has 3 N–H and O–H groups in total. The topological polar surface area (TPSA) is 88.3 Å². The van der Waals surface area contributed by atoms with Gasteiger partial charge in [-0.2, -0.15) is 0 Å². The fraction of sp³-hybridized carbons (Fsp3) is 0.444. The molecule has 0 spiro atoms. The van der Waals surface area contributed by atoms with Gasteiger partial charge in [-0.3, -0.25) is 13.9 Å². The molecule has 25 heavy (non-hydrogen) atoms. The number of aryl methyl sites for hydroxylation is 1. The summed E-state index contributed by atoms with van der Waals surface area (Å²) in [6.45, 7) is 1.67. The van der Waals surface area contributed by atoms with E-state index in [4.69, 9.17) is 0 Å². The number of anilines is 1. The van der Waals surface area contributed by atoms with Crippen molar-refractivity contribution in [3.05, 3.63) is 62.8 Å². The van der Waals surface area contributed by atoms with Gasteiger partial charge in [0, 0.05) is 39.8 Å². The van der Waals surface area contributed by atoms with Crippen LogP contribution < -0.4 is 21.9 Å². The number of hydrogen-bond acceptors (Lipinski definition) is 5. The van der Waals surface area contributed by atoms with Gasteiger partial charge in [-0.15, -0.1) is 0 Å². The van der Waals surface area contributed by atoms with Crippen molar-refractivity contribution in [2.24, 2.45) is 14.1 Å². The van der Waals surface area contributed by atoms with Crippen LogP contribution in [0.15, 0.2) is 46.0 Å². The number of nitrogens with zero attached hydrogens (tertiary/aromatic N) is 2. The Hall–Kier alpha value is -2.38. The van der Waals surface area contributed by atoms with Crippen LogP contribution in [-0.2, 0) is 20.5 Å². The maximum absolute atomic E-state index is 11.8. The number of benzene rings is 1. The SMILES string of the molecule is Cn1c(NCCNCC(O)CCc2ccccc2)cc(=O)n(C)c1=O. The highest BCUT2D eigenvalue weighted by Gasteiger charge is 2.06. The summed E-state index contributed by atoms with van der Waals surface area (Å²) in [6, 6.07) is 11.5.